The van der Waals surface area contributed by atoms with Gasteiger partial charge in [-0.1, -0.05) is 0 Å². The number of aliphatic imine (C=N–C) groups is 1. The predicted molar refractivity (Wildman–Crippen MR) is 105 cm³/mol. The van der Waals surface area contributed by atoms with Crippen LogP contribution in [0.15, 0.2) is 11.2 Å². The zero-order valence-corrected chi connectivity index (χ0v) is 17.0. The Labute approximate surface area is 161 Å². The lowest BCUT2D eigenvalue weighted by molar-refractivity contribution is 0.0963. The number of likely N-dealkylation sites (tertiary alicyclic amines) is 1. The van der Waals surface area contributed by atoms with E-state index < -0.39 is 0 Å². The van der Waals surface area contributed by atoms with E-state index in [1.807, 2.05) is 27.0 Å². The van der Waals surface area contributed by atoms with Crippen molar-refractivity contribution in [1.82, 2.24) is 20.5 Å². The summed E-state index contributed by atoms with van der Waals surface area (Å²) in [5.41, 5.74) is 2.98. The second-order valence-electron chi connectivity index (χ2n) is 6.58. The van der Waals surface area contributed by atoms with Gasteiger partial charge in [-0.3, -0.25) is 9.98 Å². The molecule has 1 fully saturated rings. The molecule has 0 unspecified atom stereocenters. The largest absolute Gasteiger partial charge is 0.496 e. The van der Waals surface area contributed by atoms with E-state index in [4.69, 9.17) is 9.47 Å². The van der Waals surface area contributed by atoms with E-state index in [1.165, 1.54) is 0 Å². The van der Waals surface area contributed by atoms with Crippen molar-refractivity contribution in [2.45, 2.75) is 46.2 Å². The number of pyridine rings is 1. The third kappa shape index (κ3) is 5.48. The molecule has 2 heterocycles. The average Bonchev–Trinajstić information content (AvgIpc) is 2.67. The molecule has 8 heteroatoms. The number of guanidine groups is 1. The summed E-state index contributed by atoms with van der Waals surface area (Å²) in [6.07, 6.45) is 3.31. The monoisotopic (exact) mass is 377 g/mol. The summed E-state index contributed by atoms with van der Waals surface area (Å²) < 4.78 is 10.5. The molecular formula is C19H31N5O3. The molecule has 1 aliphatic heterocycles. The number of rotatable bonds is 5. The molecule has 2 rings (SSSR count). The van der Waals surface area contributed by atoms with Crippen LogP contribution in [0.3, 0.4) is 0 Å². The molecule has 0 spiro atoms. The zero-order valence-electron chi connectivity index (χ0n) is 17.0. The van der Waals surface area contributed by atoms with Gasteiger partial charge in [0.25, 0.3) is 0 Å². The number of hydrogen-bond acceptors (Lipinski definition) is 5. The number of aromatic nitrogens is 1. The summed E-state index contributed by atoms with van der Waals surface area (Å²) in [6.45, 7) is 8.15. The maximum atomic E-state index is 11.8. The van der Waals surface area contributed by atoms with Crippen LogP contribution in [0.5, 0.6) is 5.75 Å². The Balaban J connectivity index is 1.86. The second kappa shape index (κ2) is 9.99. The van der Waals surface area contributed by atoms with E-state index >= 15 is 0 Å². The van der Waals surface area contributed by atoms with E-state index in [0.717, 1.165) is 41.4 Å². The first-order chi connectivity index (χ1) is 13.0. The normalized spacial score (nSPS) is 15.4. The molecule has 0 bridgehead atoms. The van der Waals surface area contributed by atoms with Crippen LogP contribution in [-0.2, 0) is 11.3 Å². The van der Waals surface area contributed by atoms with Crippen molar-refractivity contribution in [1.29, 1.82) is 0 Å². The highest BCUT2D eigenvalue weighted by Gasteiger charge is 2.24. The number of aryl methyl sites for hydroxylation is 1. The van der Waals surface area contributed by atoms with Gasteiger partial charge in [0.2, 0.25) is 0 Å². The van der Waals surface area contributed by atoms with Crippen molar-refractivity contribution in [2.24, 2.45) is 4.99 Å². The minimum atomic E-state index is -0.228. The van der Waals surface area contributed by atoms with Gasteiger partial charge in [-0.25, -0.2) is 4.79 Å². The van der Waals surface area contributed by atoms with Crippen LogP contribution in [0.4, 0.5) is 4.79 Å². The summed E-state index contributed by atoms with van der Waals surface area (Å²) in [5.74, 6) is 1.60. The Morgan fingerprint density at radius 1 is 1.37 bits per heavy atom. The van der Waals surface area contributed by atoms with E-state index in [1.54, 1.807) is 19.1 Å². The summed E-state index contributed by atoms with van der Waals surface area (Å²) >= 11 is 0. The molecule has 1 aromatic heterocycles. The lowest BCUT2D eigenvalue weighted by atomic mass is 10.1. The van der Waals surface area contributed by atoms with E-state index in [2.05, 4.69) is 20.6 Å². The van der Waals surface area contributed by atoms with Crippen LogP contribution < -0.4 is 15.4 Å². The van der Waals surface area contributed by atoms with E-state index in [0.29, 0.717) is 26.2 Å². The first-order valence-corrected chi connectivity index (χ1v) is 9.38. The van der Waals surface area contributed by atoms with Crippen molar-refractivity contribution in [3.63, 3.8) is 0 Å². The first kappa shape index (κ1) is 20.8. The highest BCUT2D eigenvalue weighted by molar-refractivity contribution is 5.80. The molecule has 1 aliphatic rings. The number of ether oxygens (including phenoxy) is 2. The van der Waals surface area contributed by atoms with Crippen LogP contribution in [0.2, 0.25) is 0 Å². The smallest absolute Gasteiger partial charge is 0.409 e. The van der Waals surface area contributed by atoms with Crippen molar-refractivity contribution in [3.05, 3.63) is 23.0 Å². The number of piperidine rings is 1. The van der Waals surface area contributed by atoms with Crippen LogP contribution in [0, 0.1) is 13.8 Å². The van der Waals surface area contributed by atoms with Crippen molar-refractivity contribution < 1.29 is 14.3 Å². The van der Waals surface area contributed by atoms with Crippen LogP contribution in [0.25, 0.3) is 0 Å². The van der Waals surface area contributed by atoms with Gasteiger partial charge >= 0.3 is 6.09 Å². The van der Waals surface area contributed by atoms with Gasteiger partial charge in [0, 0.05) is 43.5 Å². The predicted octanol–water partition coefficient (Wildman–Crippen LogP) is 1.99. The number of nitrogens with zero attached hydrogens (tertiary/aromatic N) is 3. The molecule has 8 nitrogen and oxygen atoms in total. The zero-order chi connectivity index (χ0) is 19.8. The van der Waals surface area contributed by atoms with E-state index in [9.17, 15) is 4.79 Å². The molecule has 0 aliphatic carbocycles. The van der Waals surface area contributed by atoms with Crippen molar-refractivity contribution in [2.75, 3.05) is 33.9 Å². The number of hydrogen-bond donors (Lipinski definition) is 2. The molecule has 1 saturated heterocycles. The molecule has 27 heavy (non-hydrogen) atoms. The lowest BCUT2D eigenvalue weighted by Crippen LogP contribution is -2.49. The fourth-order valence-corrected chi connectivity index (χ4v) is 3.23. The number of carbonyl (C=O) groups is 1. The fourth-order valence-electron chi connectivity index (χ4n) is 3.23. The molecular weight excluding hydrogens is 346 g/mol. The number of methoxy groups -OCH3 is 1. The van der Waals surface area contributed by atoms with Gasteiger partial charge in [0.1, 0.15) is 5.75 Å². The Bertz CT molecular complexity index is 670. The number of carbonyl (C=O) groups excluding carboxylic acids is 1. The molecule has 0 aromatic carbocycles. The Hall–Kier alpha value is -2.51. The molecule has 0 radical (unpaired) electrons. The summed E-state index contributed by atoms with van der Waals surface area (Å²) in [6, 6.07) is 0.267. The summed E-state index contributed by atoms with van der Waals surface area (Å²) in [7, 11) is 3.43. The maximum Gasteiger partial charge on any atom is 0.409 e. The van der Waals surface area contributed by atoms with Gasteiger partial charge < -0.3 is 25.0 Å². The Kier molecular flexibility index (Phi) is 7.69. The fraction of sp³-hybridized carbons (Fsp3) is 0.632. The molecule has 0 saturated carbocycles. The average molecular weight is 377 g/mol. The minimum absolute atomic E-state index is 0.228. The van der Waals surface area contributed by atoms with E-state index in [-0.39, 0.29) is 12.1 Å². The number of nitrogens with one attached hydrogen (secondary N) is 2. The van der Waals surface area contributed by atoms with Crippen molar-refractivity contribution in [3.8, 4) is 5.75 Å². The quantitative estimate of drug-likeness (QED) is 0.603. The SMILES string of the molecule is CCOC(=O)N1CCC(NC(=NC)NCc2ncc(C)c(OC)c2C)CC1. The minimum Gasteiger partial charge on any atom is -0.496 e. The van der Waals surface area contributed by atoms with Crippen LogP contribution in [0.1, 0.15) is 36.6 Å². The molecule has 150 valence electrons. The maximum absolute atomic E-state index is 11.8. The topological polar surface area (TPSA) is 88.1 Å². The molecule has 1 amide bonds. The summed E-state index contributed by atoms with van der Waals surface area (Å²) in [4.78, 5) is 22.3. The third-order valence-electron chi connectivity index (χ3n) is 4.76. The standard InChI is InChI=1S/C19H31N5O3/c1-6-27-19(25)24-9-7-15(8-10-24)23-18(20-4)22-12-16-14(3)17(26-5)13(2)11-21-16/h11,15H,6-10,12H2,1-5H3,(H2,20,22,23). The number of amides is 1. The van der Waals surface area contributed by atoms with Gasteiger partial charge in [0.15, 0.2) is 5.96 Å². The molecule has 1 aromatic rings. The van der Waals surface area contributed by atoms with Crippen LogP contribution in [-0.4, -0.2) is 61.8 Å². The first-order valence-electron chi connectivity index (χ1n) is 9.38. The van der Waals surface area contributed by atoms with Gasteiger partial charge in [0.05, 0.1) is 26.0 Å². The molecule has 0 atom stereocenters. The lowest BCUT2D eigenvalue weighted by Gasteiger charge is -2.32. The third-order valence-corrected chi connectivity index (χ3v) is 4.76. The molecule has 2 N–H and O–H groups in total. The second-order valence-corrected chi connectivity index (χ2v) is 6.58. The summed E-state index contributed by atoms with van der Waals surface area (Å²) in [5, 5.41) is 6.74. The van der Waals surface area contributed by atoms with Gasteiger partial charge in [-0.05, 0) is 33.6 Å². The van der Waals surface area contributed by atoms with Gasteiger partial charge in [-0.15, -0.1) is 0 Å². The van der Waals surface area contributed by atoms with Crippen LogP contribution >= 0.6 is 0 Å². The van der Waals surface area contributed by atoms with Gasteiger partial charge in [-0.2, -0.15) is 0 Å². The highest BCUT2D eigenvalue weighted by Crippen LogP contribution is 2.23. The Morgan fingerprint density at radius 2 is 2.07 bits per heavy atom. The Morgan fingerprint density at radius 3 is 2.67 bits per heavy atom. The highest BCUT2D eigenvalue weighted by atomic mass is 16.6. The van der Waals surface area contributed by atoms with Crippen molar-refractivity contribution >= 4 is 12.1 Å².